The van der Waals surface area contributed by atoms with E-state index in [1.54, 1.807) is 0 Å². The molecule has 0 saturated heterocycles. The number of halogens is 1. The van der Waals surface area contributed by atoms with E-state index < -0.39 is 6.16 Å². The van der Waals surface area contributed by atoms with Crippen LogP contribution in [0.15, 0.2) is 24.3 Å². The summed E-state index contributed by atoms with van der Waals surface area (Å²) in [4.78, 5) is 10.1. The minimum Gasteiger partial charge on any atom is -0.450 e. The average Bonchev–Trinajstić information content (AvgIpc) is 2.38. The molecule has 0 radical (unpaired) electrons. The van der Waals surface area contributed by atoms with Gasteiger partial charge in [0.25, 0.3) is 0 Å². The van der Waals surface area contributed by atoms with Crippen LogP contribution in [0.4, 0.5) is 4.79 Å². The number of aryl methyl sites for hydroxylation is 1. The standard InChI is InChI=1S/C15H21ClO3/c16-14-11-7-6-10-13(14)9-5-3-1-2-4-8-12-19-15(17)18/h6-7,10-11H,1-5,8-9,12H2,(H,17,18). The minimum absolute atomic E-state index is 0.314. The van der Waals surface area contributed by atoms with Crippen molar-refractivity contribution in [2.24, 2.45) is 0 Å². The first kappa shape index (κ1) is 15.8. The van der Waals surface area contributed by atoms with Gasteiger partial charge in [0.2, 0.25) is 0 Å². The lowest BCUT2D eigenvalue weighted by molar-refractivity contribution is 0.0899. The topological polar surface area (TPSA) is 46.5 Å². The van der Waals surface area contributed by atoms with E-state index in [1.165, 1.54) is 18.4 Å². The van der Waals surface area contributed by atoms with Crippen molar-refractivity contribution in [3.05, 3.63) is 34.9 Å². The first-order chi connectivity index (χ1) is 9.20. The molecule has 0 spiro atoms. The van der Waals surface area contributed by atoms with E-state index in [4.69, 9.17) is 16.7 Å². The van der Waals surface area contributed by atoms with E-state index in [9.17, 15) is 4.79 Å². The largest absolute Gasteiger partial charge is 0.505 e. The van der Waals surface area contributed by atoms with Gasteiger partial charge in [0.1, 0.15) is 0 Å². The maximum absolute atomic E-state index is 10.1. The molecule has 0 atom stereocenters. The molecule has 0 aromatic heterocycles. The molecule has 0 fully saturated rings. The predicted molar refractivity (Wildman–Crippen MR) is 76.8 cm³/mol. The fraction of sp³-hybridized carbons (Fsp3) is 0.533. The van der Waals surface area contributed by atoms with Crippen molar-refractivity contribution in [2.75, 3.05) is 6.61 Å². The molecule has 1 N–H and O–H groups in total. The number of benzene rings is 1. The molecular formula is C15H21ClO3. The van der Waals surface area contributed by atoms with Crippen LogP contribution in [0.1, 0.15) is 44.1 Å². The summed E-state index contributed by atoms with van der Waals surface area (Å²) in [5.41, 5.74) is 1.22. The van der Waals surface area contributed by atoms with Gasteiger partial charge in [-0.2, -0.15) is 0 Å². The van der Waals surface area contributed by atoms with Gasteiger partial charge in [-0.05, 0) is 30.9 Å². The Balaban J connectivity index is 1.94. The first-order valence-corrected chi connectivity index (χ1v) is 7.17. The number of carbonyl (C=O) groups is 1. The highest BCUT2D eigenvalue weighted by Crippen LogP contribution is 2.18. The van der Waals surface area contributed by atoms with Gasteiger partial charge in [-0.1, -0.05) is 55.5 Å². The fourth-order valence-corrected chi connectivity index (χ4v) is 2.22. The lowest BCUT2D eigenvalue weighted by atomic mass is 10.0. The van der Waals surface area contributed by atoms with Crippen LogP contribution < -0.4 is 0 Å². The van der Waals surface area contributed by atoms with E-state index in [1.807, 2.05) is 18.2 Å². The highest BCUT2D eigenvalue weighted by Gasteiger charge is 1.99. The average molecular weight is 285 g/mol. The van der Waals surface area contributed by atoms with Crippen molar-refractivity contribution < 1.29 is 14.6 Å². The Labute approximate surface area is 119 Å². The van der Waals surface area contributed by atoms with Crippen molar-refractivity contribution >= 4 is 17.8 Å². The molecule has 0 aliphatic rings. The van der Waals surface area contributed by atoms with Crippen LogP contribution in [-0.4, -0.2) is 17.9 Å². The Hall–Kier alpha value is -1.22. The number of hydrogen-bond donors (Lipinski definition) is 1. The van der Waals surface area contributed by atoms with Gasteiger partial charge in [0, 0.05) is 5.02 Å². The van der Waals surface area contributed by atoms with Gasteiger partial charge in [0.15, 0.2) is 0 Å². The molecule has 3 nitrogen and oxygen atoms in total. The van der Waals surface area contributed by atoms with Crippen LogP contribution in [0.3, 0.4) is 0 Å². The van der Waals surface area contributed by atoms with Crippen LogP contribution in [0.2, 0.25) is 5.02 Å². The minimum atomic E-state index is -1.18. The zero-order valence-corrected chi connectivity index (χ0v) is 11.9. The van der Waals surface area contributed by atoms with Gasteiger partial charge in [-0.3, -0.25) is 0 Å². The Morgan fingerprint density at radius 2 is 1.68 bits per heavy atom. The van der Waals surface area contributed by atoms with Crippen molar-refractivity contribution in [2.45, 2.75) is 44.9 Å². The summed E-state index contributed by atoms with van der Waals surface area (Å²) in [5.74, 6) is 0. The molecular weight excluding hydrogens is 264 g/mol. The molecule has 4 heteroatoms. The van der Waals surface area contributed by atoms with Gasteiger partial charge in [0.05, 0.1) is 6.61 Å². The molecule has 0 unspecified atom stereocenters. The molecule has 19 heavy (non-hydrogen) atoms. The van der Waals surface area contributed by atoms with Crippen LogP contribution in [-0.2, 0) is 11.2 Å². The molecule has 1 rings (SSSR count). The third-order valence-electron chi connectivity index (χ3n) is 3.02. The Kier molecular flexibility index (Phi) is 8.07. The maximum atomic E-state index is 10.1. The monoisotopic (exact) mass is 284 g/mol. The van der Waals surface area contributed by atoms with Crippen LogP contribution in [0, 0.1) is 0 Å². The van der Waals surface area contributed by atoms with E-state index >= 15 is 0 Å². The van der Waals surface area contributed by atoms with Gasteiger partial charge < -0.3 is 9.84 Å². The number of ether oxygens (including phenoxy) is 1. The van der Waals surface area contributed by atoms with Gasteiger partial charge >= 0.3 is 6.16 Å². The summed E-state index contributed by atoms with van der Waals surface area (Å²) < 4.78 is 4.44. The van der Waals surface area contributed by atoms with Crippen LogP contribution in [0.5, 0.6) is 0 Å². The molecule has 0 saturated carbocycles. The van der Waals surface area contributed by atoms with E-state index in [-0.39, 0.29) is 0 Å². The second-order valence-corrected chi connectivity index (χ2v) is 4.98. The molecule has 0 aliphatic heterocycles. The van der Waals surface area contributed by atoms with Crippen LogP contribution >= 0.6 is 11.6 Å². The third-order valence-corrected chi connectivity index (χ3v) is 3.39. The Morgan fingerprint density at radius 1 is 1.05 bits per heavy atom. The van der Waals surface area contributed by atoms with Crippen LogP contribution in [0.25, 0.3) is 0 Å². The zero-order valence-electron chi connectivity index (χ0n) is 11.1. The summed E-state index contributed by atoms with van der Waals surface area (Å²) >= 11 is 6.09. The number of unbranched alkanes of at least 4 members (excludes halogenated alkanes) is 5. The Morgan fingerprint density at radius 3 is 2.37 bits per heavy atom. The van der Waals surface area contributed by atoms with Crippen molar-refractivity contribution in [1.82, 2.24) is 0 Å². The summed E-state index contributed by atoms with van der Waals surface area (Å²) in [5, 5.41) is 9.14. The molecule has 1 aromatic carbocycles. The number of carboxylic acid groups (broad SMARTS) is 1. The van der Waals surface area contributed by atoms with E-state index in [2.05, 4.69) is 10.8 Å². The van der Waals surface area contributed by atoms with E-state index in [0.29, 0.717) is 6.61 Å². The summed E-state index contributed by atoms with van der Waals surface area (Å²) in [6.07, 6.45) is 6.33. The molecule has 0 heterocycles. The van der Waals surface area contributed by atoms with Gasteiger partial charge in [-0.15, -0.1) is 0 Å². The SMILES string of the molecule is O=C(O)OCCCCCCCCc1ccccc1Cl. The van der Waals surface area contributed by atoms with Crippen molar-refractivity contribution in [3.63, 3.8) is 0 Å². The lowest BCUT2D eigenvalue weighted by Crippen LogP contribution is -2.01. The van der Waals surface area contributed by atoms with Crippen molar-refractivity contribution in [1.29, 1.82) is 0 Å². The maximum Gasteiger partial charge on any atom is 0.505 e. The lowest BCUT2D eigenvalue weighted by Gasteiger charge is -2.04. The van der Waals surface area contributed by atoms with E-state index in [0.717, 1.165) is 37.1 Å². The molecule has 0 amide bonds. The molecule has 0 aliphatic carbocycles. The fourth-order valence-electron chi connectivity index (χ4n) is 1.99. The highest BCUT2D eigenvalue weighted by molar-refractivity contribution is 6.31. The second-order valence-electron chi connectivity index (χ2n) is 4.58. The quantitative estimate of drug-likeness (QED) is 0.517. The smallest absolute Gasteiger partial charge is 0.450 e. The molecule has 1 aromatic rings. The summed E-state index contributed by atoms with van der Waals surface area (Å²) in [6, 6.07) is 7.97. The first-order valence-electron chi connectivity index (χ1n) is 6.79. The van der Waals surface area contributed by atoms with Crippen molar-refractivity contribution in [3.8, 4) is 0 Å². The number of hydrogen-bond acceptors (Lipinski definition) is 2. The highest BCUT2D eigenvalue weighted by atomic mass is 35.5. The summed E-state index contributed by atoms with van der Waals surface area (Å²) in [6.45, 7) is 0.314. The molecule has 0 bridgehead atoms. The Bertz CT molecular complexity index is 379. The van der Waals surface area contributed by atoms with Gasteiger partial charge in [-0.25, -0.2) is 4.79 Å². The third kappa shape index (κ3) is 7.73. The number of rotatable bonds is 9. The second kappa shape index (κ2) is 9.68. The zero-order chi connectivity index (χ0) is 13.9. The summed E-state index contributed by atoms with van der Waals surface area (Å²) in [7, 11) is 0. The normalized spacial score (nSPS) is 10.4. The predicted octanol–water partition coefficient (Wildman–Crippen LogP) is 4.92. The molecule has 106 valence electrons.